The average molecular weight is 345 g/mol. The molecule has 1 atom stereocenters. The van der Waals surface area contributed by atoms with Crippen molar-refractivity contribution in [2.75, 3.05) is 37.7 Å². The number of pyridine rings is 1. The summed E-state index contributed by atoms with van der Waals surface area (Å²) in [6.45, 7) is 5.86. The van der Waals surface area contributed by atoms with E-state index in [1.54, 1.807) is 13.1 Å². The number of nitrogens with zero attached hydrogens (tertiary/aromatic N) is 3. The fourth-order valence-corrected chi connectivity index (χ4v) is 4.25. The summed E-state index contributed by atoms with van der Waals surface area (Å²) < 4.78 is 0. The third-order valence-corrected chi connectivity index (χ3v) is 5.76. The van der Waals surface area contributed by atoms with Crippen LogP contribution >= 0.6 is 0 Å². The van der Waals surface area contributed by atoms with Crippen LogP contribution in [0.5, 0.6) is 0 Å². The number of aliphatic hydroxyl groups excluding tert-OH is 1. The fraction of sp³-hybridized carbons (Fsp3) is 0.700. The molecule has 1 aromatic rings. The van der Waals surface area contributed by atoms with Crippen molar-refractivity contribution in [3.63, 3.8) is 0 Å². The van der Waals surface area contributed by atoms with Gasteiger partial charge < -0.3 is 10.0 Å². The Labute approximate surface area is 151 Å². The van der Waals surface area contributed by atoms with E-state index in [9.17, 15) is 9.90 Å². The SMILES string of the molecule is CC(=O)c1ccc(N2CCN(CC3CCCCC3)[C@@H](CCO)C2)nc1. The summed E-state index contributed by atoms with van der Waals surface area (Å²) in [5.74, 6) is 1.81. The van der Waals surface area contributed by atoms with Crippen LogP contribution in [-0.2, 0) is 0 Å². The molecule has 3 rings (SSSR count). The van der Waals surface area contributed by atoms with Gasteiger partial charge in [0, 0.05) is 50.6 Å². The van der Waals surface area contributed by atoms with Gasteiger partial charge in [0.2, 0.25) is 0 Å². The van der Waals surface area contributed by atoms with E-state index in [1.165, 1.54) is 38.6 Å². The lowest BCUT2D eigenvalue weighted by atomic mass is 9.88. The molecule has 1 saturated carbocycles. The number of carbonyl (C=O) groups is 1. The van der Waals surface area contributed by atoms with Crippen LogP contribution < -0.4 is 4.90 Å². The van der Waals surface area contributed by atoms with Crippen LogP contribution in [0.4, 0.5) is 5.82 Å². The van der Waals surface area contributed by atoms with Crippen molar-refractivity contribution in [3.8, 4) is 0 Å². The minimum absolute atomic E-state index is 0.0505. The number of anilines is 1. The lowest BCUT2D eigenvalue weighted by molar-refractivity contribution is 0.101. The molecule has 0 amide bonds. The average Bonchev–Trinajstić information content (AvgIpc) is 2.64. The third kappa shape index (κ3) is 4.79. The van der Waals surface area contributed by atoms with E-state index in [4.69, 9.17) is 0 Å². The van der Waals surface area contributed by atoms with E-state index in [-0.39, 0.29) is 12.4 Å². The van der Waals surface area contributed by atoms with Gasteiger partial charge >= 0.3 is 0 Å². The smallest absolute Gasteiger partial charge is 0.161 e. The zero-order valence-electron chi connectivity index (χ0n) is 15.4. The first-order chi connectivity index (χ1) is 12.2. The molecular weight excluding hydrogens is 314 g/mol. The second-order valence-electron chi connectivity index (χ2n) is 7.57. The predicted octanol–water partition coefficient (Wildman–Crippen LogP) is 2.74. The monoisotopic (exact) mass is 345 g/mol. The highest BCUT2D eigenvalue weighted by molar-refractivity contribution is 5.93. The molecule has 1 N–H and O–H groups in total. The molecule has 0 radical (unpaired) electrons. The lowest BCUT2D eigenvalue weighted by Gasteiger charge is -2.43. The zero-order valence-corrected chi connectivity index (χ0v) is 15.4. The highest BCUT2D eigenvalue weighted by Crippen LogP contribution is 2.27. The van der Waals surface area contributed by atoms with Crippen molar-refractivity contribution in [1.29, 1.82) is 0 Å². The van der Waals surface area contributed by atoms with Gasteiger partial charge in [-0.25, -0.2) is 4.98 Å². The summed E-state index contributed by atoms with van der Waals surface area (Å²) in [4.78, 5) is 20.8. The summed E-state index contributed by atoms with van der Waals surface area (Å²) >= 11 is 0. The quantitative estimate of drug-likeness (QED) is 0.804. The maximum atomic E-state index is 11.4. The Balaban J connectivity index is 1.62. The molecule has 1 aliphatic heterocycles. The van der Waals surface area contributed by atoms with Gasteiger partial charge in [-0.3, -0.25) is 9.69 Å². The molecule has 1 aromatic heterocycles. The largest absolute Gasteiger partial charge is 0.396 e. The van der Waals surface area contributed by atoms with Crippen molar-refractivity contribution in [2.24, 2.45) is 5.92 Å². The second-order valence-corrected chi connectivity index (χ2v) is 7.57. The Morgan fingerprint density at radius 1 is 1.24 bits per heavy atom. The number of carbonyl (C=O) groups excluding carboxylic acids is 1. The number of aromatic nitrogens is 1. The summed E-state index contributed by atoms with van der Waals surface area (Å²) in [6, 6.07) is 4.19. The Kier molecular flexibility index (Phi) is 6.43. The molecule has 5 nitrogen and oxygen atoms in total. The van der Waals surface area contributed by atoms with Crippen molar-refractivity contribution in [1.82, 2.24) is 9.88 Å². The molecule has 2 heterocycles. The van der Waals surface area contributed by atoms with Gasteiger partial charge in [0.15, 0.2) is 5.78 Å². The third-order valence-electron chi connectivity index (χ3n) is 5.76. The van der Waals surface area contributed by atoms with Crippen LogP contribution in [-0.4, -0.2) is 59.6 Å². The Morgan fingerprint density at radius 2 is 2.04 bits per heavy atom. The number of Topliss-reactive ketones (excluding diaryl/α,β-unsaturated/α-hetero) is 1. The van der Waals surface area contributed by atoms with E-state index in [2.05, 4.69) is 14.8 Å². The van der Waals surface area contributed by atoms with E-state index < -0.39 is 0 Å². The van der Waals surface area contributed by atoms with E-state index in [0.717, 1.165) is 37.8 Å². The van der Waals surface area contributed by atoms with Gasteiger partial charge in [0.25, 0.3) is 0 Å². The van der Waals surface area contributed by atoms with Gasteiger partial charge in [0.05, 0.1) is 0 Å². The van der Waals surface area contributed by atoms with Crippen LogP contribution in [0.3, 0.4) is 0 Å². The number of ketones is 1. The molecule has 5 heteroatoms. The van der Waals surface area contributed by atoms with Crippen LogP contribution in [0.2, 0.25) is 0 Å². The normalized spacial score (nSPS) is 23.0. The highest BCUT2D eigenvalue weighted by atomic mass is 16.3. The summed E-state index contributed by atoms with van der Waals surface area (Å²) in [7, 11) is 0. The molecule has 0 aromatic carbocycles. The maximum absolute atomic E-state index is 11.4. The Morgan fingerprint density at radius 3 is 2.68 bits per heavy atom. The zero-order chi connectivity index (χ0) is 17.6. The molecule has 0 unspecified atom stereocenters. The first kappa shape index (κ1) is 18.3. The van der Waals surface area contributed by atoms with Gasteiger partial charge in [-0.05, 0) is 44.2 Å². The molecule has 2 fully saturated rings. The predicted molar refractivity (Wildman–Crippen MR) is 100 cm³/mol. The molecule has 138 valence electrons. The fourth-order valence-electron chi connectivity index (χ4n) is 4.25. The molecule has 0 bridgehead atoms. The van der Waals surface area contributed by atoms with E-state index in [1.807, 2.05) is 12.1 Å². The first-order valence-electron chi connectivity index (χ1n) is 9.74. The number of hydrogen-bond donors (Lipinski definition) is 1. The number of rotatable bonds is 6. The van der Waals surface area contributed by atoms with Gasteiger partial charge in [0.1, 0.15) is 5.82 Å². The Hall–Kier alpha value is -1.46. The maximum Gasteiger partial charge on any atom is 0.161 e. The van der Waals surface area contributed by atoms with Crippen molar-refractivity contribution >= 4 is 11.6 Å². The number of hydrogen-bond acceptors (Lipinski definition) is 5. The number of aliphatic hydroxyl groups is 1. The summed E-state index contributed by atoms with van der Waals surface area (Å²) in [5.41, 5.74) is 0.659. The Bertz CT molecular complexity index is 555. The van der Waals surface area contributed by atoms with Gasteiger partial charge in [-0.2, -0.15) is 0 Å². The standard InChI is InChI=1S/C20H31N3O2/c1-16(25)18-7-8-20(21-13-18)23-11-10-22(19(15-23)9-12-24)14-17-5-3-2-4-6-17/h7-8,13,17,19,24H,2-6,9-12,14-15H2,1H3/t19-/m0/s1. The van der Waals surface area contributed by atoms with Crippen LogP contribution in [0.15, 0.2) is 18.3 Å². The van der Waals surface area contributed by atoms with Gasteiger partial charge in [-0.15, -0.1) is 0 Å². The molecule has 25 heavy (non-hydrogen) atoms. The van der Waals surface area contributed by atoms with Crippen LogP contribution in [0, 0.1) is 5.92 Å². The van der Waals surface area contributed by atoms with E-state index >= 15 is 0 Å². The van der Waals surface area contributed by atoms with Crippen molar-refractivity contribution < 1.29 is 9.90 Å². The molecular formula is C20H31N3O2. The number of piperazine rings is 1. The second kappa shape index (κ2) is 8.77. The minimum Gasteiger partial charge on any atom is -0.396 e. The highest BCUT2D eigenvalue weighted by Gasteiger charge is 2.29. The van der Waals surface area contributed by atoms with Gasteiger partial charge in [-0.1, -0.05) is 19.3 Å². The van der Waals surface area contributed by atoms with Crippen LogP contribution in [0.1, 0.15) is 55.8 Å². The summed E-state index contributed by atoms with van der Waals surface area (Å²) in [6.07, 6.45) is 9.36. The molecule has 0 spiro atoms. The lowest BCUT2D eigenvalue weighted by Crippen LogP contribution is -2.55. The topological polar surface area (TPSA) is 56.7 Å². The van der Waals surface area contributed by atoms with E-state index in [0.29, 0.717) is 11.6 Å². The molecule has 2 aliphatic rings. The van der Waals surface area contributed by atoms with Crippen LogP contribution in [0.25, 0.3) is 0 Å². The first-order valence-corrected chi connectivity index (χ1v) is 9.74. The van der Waals surface area contributed by atoms with Crippen molar-refractivity contribution in [3.05, 3.63) is 23.9 Å². The molecule has 1 saturated heterocycles. The minimum atomic E-state index is 0.0505. The van der Waals surface area contributed by atoms with Crippen molar-refractivity contribution in [2.45, 2.75) is 51.5 Å². The molecule has 1 aliphatic carbocycles. The summed E-state index contributed by atoms with van der Waals surface area (Å²) in [5, 5.41) is 9.50.